The molecule has 0 saturated heterocycles. The highest BCUT2D eigenvalue weighted by molar-refractivity contribution is 5.99. The summed E-state index contributed by atoms with van der Waals surface area (Å²) in [4.78, 5) is 22.0. The van der Waals surface area contributed by atoms with E-state index in [1.54, 1.807) is 0 Å². The lowest BCUT2D eigenvalue weighted by molar-refractivity contribution is -0.385. The first-order valence-electron chi connectivity index (χ1n) is 5.94. The molecule has 0 aliphatic heterocycles. The largest absolute Gasteiger partial charge is 0.396 e. The summed E-state index contributed by atoms with van der Waals surface area (Å²) in [5.74, 6) is -1.53. The average Bonchev–Trinajstić information content (AvgIpc) is 2.37. The molecule has 0 unspecified atom stereocenters. The highest BCUT2D eigenvalue weighted by atomic mass is 19.1. The number of nitro groups is 1. The fourth-order valence-corrected chi connectivity index (χ4v) is 1.67. The molecule has 0 aliphatic rings. The minimum absolute atomic E-state index is 0.0848. The normalized spacial score (nSPS) is 10.5. The minimum atomic E-state index is -0.911. The van der Waals surface area contributed by atoms with Crippen LogP contribution in [0, 0.1) is 15.9 Å². The predicted octanol–water partition coefficient (Wildman–Crippen LogP) is 2.23. The summed E-state index contributed by atoms with van der Waals surface area (Å²) in [7, 11) is 0. The fraction of sp³-hybridized carbons (Fsp3) is 0.417. The molecule has 0 aromatic heterocycles. The molecular weight excluding hydrogens is 253 g/mol. The van der Waals surface area contributed by atoms with E-state index in [0.717, 1.165) is 6.07 Å². The van der Waals surface area contributed by atoms with Crippen LogP contribution in [-0.2, 0) is 0 Å². The molecule has 0 saturated carbocycles. The molecule has 0 bridgehead atoms. The molecule has 0 atom stereocenters. The van der Waals surface area contributed by atoms with E-state index in [1.807, 2.05) is 13.8 Å². The van der Waals surface area contributed by atoms with E-state index in [1.165, 1.54) is 0 Å². The first kappa shape index (κ1) is 14.9. The second kappa shape index (κ2) is 6.12. The van der Waals surface area contributed by atoms with Crippen molar-refractivity contribution in [3.8, 4) is 0 Å². The lowest BCUT2D eigenvalue weighted by Gasteiger charge is -2.15. The van der Waals surface area contributed by atoms with Gasteiger partial charge in [-0.05, 0) is 18.9 Å². The Kier molecular flexibility index (Phi) is 4.80. The number of carbonyl (C=O) groups is 1. The van der Waals surface area contributed by atoms with Crippen molar-refractivity contribution in [2.75, 3.05) is 5.73 Å². The van der Waals surface area contributed by atoms with Gasteiger partial charge in [0.1, 0.15) is 5.56 Å². The lowest BCUT2D eigenvalue weighted by atomic mass is 10.1. The van der Waals surface area contributed by atoms with Crippen LogP contribution in [0.25, 0.3) is 0 Å². The van der Waals surface area contributed by atoms with Gasteiger partial charge in [-0.15, -0.1) is 0 Å². The van der Waals surface area contributed by atoms with Crippen molar-refractivity contribution in [2.24, 2.45) is 0 Å². The third-order valence-electron chi connectivity index (χ3n) is 2.88. The van der Waals surface area contributed by atoms with Gasteiger partial charge in [0.25, 0.3) is 11.6 Å². The van der Waals surface area contributed by atoms with Gasteiger partial charge in [-0.1, -0.05) is 13.8 Å². The molecule has 0 fully saturated rings. The predicted molar refractivity (Wildman–Crippen MR) is 69.3 cm³/mol. The average molecular weight is 269 g/mol. The summed E-state index contributed by atoms with van der Waals surface area (Å²) in [5.41, 5.74) is 4.24. The van der Waals surface area contributed by atoms with Crippen molar-refractivity contribution < 1.29 is 14.1 Å². The van der Waals surface area contributed by atoms with E-state index >= 15 is 0 Å². The summed E-state index contributed by atoms with van der Waals surface area (Å²) in [5, 5.41) is 13.5. The second-order valence-electron chi connectivity index (χ2n) is 4.13. The molecule has 1 aromatic carbocycles. The SMILES string of the molecule is CCC(CC)NC(=O)c1cc(N)c(F)cc1[N+](=O)[O-]. The maximum atomic E-state index is 13.2. The van der Waals surface area contributed by atoms with Crippen LogP contribution in [0.4, 0.5) is 15.8 Å². The molecule has 1 amide bonds. The van der Waals surface area contributed by atoms with Crippen molar-refractivity contribution in [1.82, 2.24) is 5.32 Å². The summed E-state index contributed by atoms with van der Waals surface area (Å²) >= 11 is 0. The van der Waals surface area contributed by atoms with Gasteiger partial charge in [0.15, 0.2) is 5.82 Å². The Hall–Kier alpha value is -2.18. The third kappa shape index (κ3) is 3.40. The molecule has 0 heterocycles. The molecule has 6 nitrogen and oxygen atoms in total. The molecule has 104 valence electrons. The topological polar surface area (TPSA) is 98.3 Å². The van der Waals surface area contributed by atoms with Gasteiger partial charge >= 0.3 is 0 Å². The fourth-order valence-electron chi connectivity index (χ4n) is 1.67. The van der Waals surface area contributed by atoms with Crippen LogP contribution in [0.5, 0.6) is 0 Å². The number of rotatable bonds is 5. The van der Waals surface area contributed by atoms with Crippen LogP contribution in [0.3, 0.4) is 0 Å². The Morgan fingerprint density at radius 2 is 2.05 bits per heavy atom. The first-order valence-corrected chi connectivity index (χ1v) is 5.94. The molecule has 3 N–H and O–H groups in total. The number of hydrogen-bond acceptors (Lipinski definition) is 4. The van der Waals surface area contributed by atoms with Gasteiger partial charge in [-0.25, -0.2) is 4.39 Å². The van der Waals surface area contributed by atoms with Crippen LogP contribution in [0.1, 0.15) is 37.0 Å². The number of hydrogen-bond donors (Lipinski definition) is 2. The zero-order valence-electron chi connectivity index (χ0n) is 10.8. The number of benzene rings is 1. The smallest absolute Gasteiger partial charge is 0.285 e. The Labute approximate surface area is 109 Å². The summed E-state index contributed by atoms with van der Waals surface area (Å²) < 4.78 is 13.2. The van der Waals surface area contributed by atoms with E-state index in [2.05, 4.69) is 5.32 Å². The van der Waals surface area contributed by atoms with Crippen molar-refractivity contribution in [3.05, 3.63) is 33.6 Å². The summed E-state index contributed by atoms with van der Waals surface area (Å²) in [6.45, 7) is 3.78. The van der Waals surface area contributed by atoms with Gasteiger partial charge in [0, 0.05) is 6.04 Å². The van der Waals surface area contributed by atoms with Crippen LogP contribution in [0.2, 0.25) is 0 Å². The highest BCUT2D eigenvalue weighted by Gasteiger charge is 2.24. The number of nitrogen functional groups attached to an aromatic ring is 1. The second-order valence-corrected chi connectivity index (χ2v) is 4.13. The number of nitrogens with one attached hydrogen (secondary N) is 1. The zero-order chi connectivity index (χ0) is 14.6. The van der Waals surface area contributed by atoms with Gasteiger partial charge in [0.05, 0.1) is 16.7 Å². The monoisotopic (exact) mass is 269 g/mol. The number of amides is 1. The van der Waals surface area contributed by atoms with E-state index in [0.29, 0.717) is 18.9 Å². The lowest BCUT2D eigenvalue weighted by Crippen LogP contribution is -2.34. The van der Waals surface area contributed by atoms with Crippen molar-refractivity contribution in [1.29, 1.82) is 0 Å². The number of halogens is 1. The van der Waals surface area contributed by atoms with E-state index in [-0.39, 0.29) is 17.3 Å². The van der Waals surface area contributed by atoms with Crippen LogP contribution in [0.15, 0.2) is 12.1 Å². The van der Waals surface area contributed by atoms with Crippen LogP contribution in [-0.4, -0.2) is 16.9 Å². The number of nitrogens with two attached hydrogens (primary N) is 1. The van der Waals surface area contributed by atoms with Gasteiger partial charge in [-0.2, -0.15) is 0 Å². The number of nitro benzene ring substituents is 1. The Balaban J connectivity index is 3.14. The molecule has 0 radical (unpaired) electrons. The molecule has 0 spiro atoms. The molecule has 1 aromatic rings. The summed E-state index contributed by atoms with van der Waals surface area (Å²) in [6.07, 6.45) is 1.40. The van der Waals surface area contributed by atoms with E-state index < -0.39 is 22.3 Å². The molecule has 19 heavy (non-hydrogen) atoms. The van der Waals surface area contributed by atoms with Crippen LogP contribution >= 0.6 is 0 Å². The number of carbonyl (C=O) groups excluding carboxylic acids is 1. The highest BCUT2D eigenvalue weighted by Crippen LogP contribution is 2.24. The van der Waals surface area contributed by atoms with Gasteiger partial charge in [0.2, 0.25) is 0 Å². The van der Waals surface area contributed by atoms with Crippen molar-refractivity contribution in [3.63, 3.8) is 0 Å². The van der Waals surface area contributed by atoms with Gasteiger partial charge < -0.3 is 11.1 Å². The quantitative estimate of drug-likeness (QED) is 0.486. The zero-order valence-corrected chi connectivity index (χ0v) is 10.8. The molecular formula is C12H16FN3O3. The number of nitrogens with zero attached hydrogens (tertiary/aromatic N) is 1. The third-order valence-corrected chi connectivity index (χ3v) is 2.88. The Bertz CT molecular complexity index is 501. The van der Waals surface area contributed by atoms with E-state index in [4.69, 9.17) is 5.73 Å². The minimum Gasteiger partial charge on any atom is -0.396 e. The van der Waals surface area contributed by atoms with Crippen molar-refractivity contribution >= 4 is 17.3 Å². The maximum absolute atomic E-state index is 13.2. The first-order chi connectivity index (χ1) is 8.90. The molecule has 0 aliphatic carbocycles. The van der Waals surface area contributed by atoms with Crippen molar-refractivity contribution in [2.45, 2.75) is 32.7 Å². The number of anilines is 1. The molecule has 1 rings (SSSR count). The Morgan fingerprint density at radius 3 is 2.53 bits per heavy atom. The van der Waals surface area contributed by atoms with E-state index in [9.17, 15) is 19.3 Å². The van der Waals surface area contributed by atoms with Gasteiger partial charge in [-0.3, -0.25) is 14.9 Å². The van der Waals surface area contributed by atoms with Crippen LogP contribution < -0.4 is 11.1 Å². The maximum Gasteiger partial charge on any atom is 0.285 e. The standard InChI is InChI=1S/C12H16FN3O3/c1-3-7(4-2)15-12(17)8-5-10(14)9(13)6-11(8)16(18)19/h5-7H,3-4,14H2,1-2H3,(H,15,17). The summed E-state index contributed by atoms with van der Waals surface area (Å²) in [6, 6.07) is 1.57. The Morgan fingerprint density at radius 1 is 1.47 bits per heavy atom. The molecule has 7 heteroatoms.